The van der Waals surface area contributed by atoms with Crippen molar-refractivity contribution in [2.75, 3.05) is 7.11 Å². The average Bonchev–Trinajstić information content (AvgIpc) is 3.16. The van der Waals surface area contributed by atoms with Crippen LogP contribution in [0.4, 0.5) is 10.5 Å². The van der Waals surface area contributed by atoms with E-state index in [2.05, 4.69) is 5.32 Å². The highest BCUT2D eigenvalue weighted by molar-refractivity contribution is 6.30. The van der Waals surface area contributed by atoms with Gasteiger partial charge < -0.3 is 4.74 Å². The lowest BCUT2D eigenvalue weighted by molar-refractivity contribution is -0.120. The van der Waals surface area contributed by atoms with Crippen LogP contribution in [0.15, 0.2) is 91.1 Å². The Kier molecular flexibility index (Phi) is 5.71. The maximum absolute atomic E-state index is 13.7. The van der Waals surface area contributed by atoms with Crippen molar-refractivity contribution in [3.05, 3.63) is 107 Å². The van der Waals surface area contributed by atoms with Crippen LogP contribution >= 0.6 is 11.6 Å². The van der Waals surface area contributed by atoms with E-state index in [-0.39, 0.29) is 0 Å². The number of methoxy groups -OCH3 is 1. The van der Waals surface area contributed by atoms with Gasteiger partial charge in [-0.3, -0.25) is 5.32 Å². The summed E-state index contributed by atoms with van der Waals surface area (Å²) in [6.45, 7) is 0. The number of hydrogen-bond donors (Lipinski definition) is 1. The van der Waals surface area contributed by atoms with Gasteiger partial charge in [-0.1, -0.05) is 41.9 Å². The minimum atomic E-state index is -0.602. The molecule has 154 valence electrons. The van der Waals surface area contributed by atoms with E-state index in [1.165, 1.54) is 6.08 Å². The monoisotopic (exact) mass is 431 g/mol. The Labute approximate surface area is 185 Å². The van der Waals surface area contributed by atoms with Crippen molar-refractivity contribution >= 4 is 41.0 Å². The molecule has 1 unspecified atom stereocenters. The van der Waals surface area contributed by atoms with Crippen molar-refractivity contribution in [2.24, 2.45) is 0 Å². The number of urea groups is 1. The fourth-order valence-corrected chi connectivity index (χ4v) is 3.71. The molecule has 1 atom stereocenters. The van der Waals surface area contributed by atoms with Crippen LogP contribution in [0.1, 0.15) is 11.1 Å². The quantitative estimate of drug-likeness (QED) is 0.421. The largest absolute Gasteiger partial charge is 0.497 e. The molecule has 0 fully saturated rings. The number of para-hydroxylation sites is 1. The lowest BCUT2D eigenvalue weighted by Gasteiger charge is -2.28. The molecule has 0 spiro atoms. The molecule has 1 aliphatic heterocycles. The van der Waals surface area contributed by atoms with Crippen LogP contribution in [0, 0.1) is 0 Å². The minimum Gasteiger partial charge on any atom is -0.497 e. The number of carbonyl (C=O) groups excluding carboxylic acids is 2. The molecule has 0 bridgehead atoms. The first-order valence-corrected chi connectivity index (χ1v) is 10.0. The van der Waals surface area contributed by atoms with E-state index in [9.17, 15) is 9.59 Å². The van der Waals surface area contributed by atoms with Crippen molar-refractivity contribution < 1.29 is 14.3 Å². The van der Waals surface area contributed by atoms with Gasteiger partial charge in [-0.25, -0.2) is 9.59 Å². The number of quaternary nitrogens is 1. The third-order valence-corrected chi connectivity index (χ3v) is 5.40. The summed E-state index contributed by atoms with van der Waals surface area (Å²) in [5, 5.41) is 3.31. The maximum Gasteiger partial charge on any atom is 0.438 e. The van der Waals surface area contributed by atoms with Gasteiger partial charge in [0.2, 0.25) is 0 Å². The molecular weight excluding hydrogens is 412 g/mol. The molecule has 3 aromatic rings. The molecule has 3 aromatic carbocycles. The number of ether oxygens (including phenoxy) is 1. The number of hydrogen-bond acceptors (Lipinski definition) is 3. The van der Waals surface area contributed by atoms with E-state index in [1.54, 1.807) is 67.9 Å². The van der Waals surface area contributed by atoms with Crippen LogP contribution in [-0.2, 0) is 4.79 Å². The molecule has 3 amide bonds. The lowest BCUT2D eigenvalue weighted by Crippen LogP contribution is -2.55. The molecule has 0 aliphatic carbocycles. The van der Waals surface area contributed by atoms with Crippen LogP contribution in [0.2, 0.25) is 5.02 Å². The van der Waals surface area contributed by atoms with Gasteiger partial charge in [0.15, 0.2) is 11.4 Å². The highest BCUT2D eigenvalue weighted by Gasteiger charge is 2.54. The van der Waals surface area contributed by atoms with Gasteiger partial charge in [-0.2, -0.15) is 0 Å². The zero-order valence-electron chi connectivity index (χ0n) is 16.8. The van der Waals surface area contributed by atoms with Gasteiger partial charge in [-0.15, -0.1) is 4.48 Å². The van der Waals surface area contributed by atoms with Gasteiger partial charge in [0.25, 0.3) is 0 Å². The minimum absolute atomic E-state index is 0.391. The molecule has 0 saturated carbocycles. The van der Waals surface area contributed by atoms with Gasteiger partial charge in [0.05, 0.1) is 13.3 Å². The van der Waals surface area contributed by atoms with E-state index in [4.69, 9.17) is 16.3 Å². The second-order valence-corrected chi connectivity index (χ2v) is 7.37. The number of halogens is 1. The van der Waals surface area contributed by atoms with Gasteiger partial charge >= 0.3 is 11.9 Å². The summed E-state index contributed by atoms with van der Waals surface area (Å²) < 4.78 is 4.57. The number of nitrogens with zero attached hydrogens (tertiary/aromatic N) is 1. The lowest BCUT2D eigenvalue weighted by atomic mass is 10.1. The van der Waals surface area contributed by atoms with E-state index >= 15 is 0 Å². The second kappa shape index (κ2) is 8.60. The SMILES string of the molecule is COc1ccc(C=CC(=O)[N+]2(c3ccccc3)C(=O)NC=C2c2ccc(Cl)cc2)cc1. The molecule has 31 heavy (non-hydrogen) atoms. The Balaban J connectivity index is 1.80. The topological polar surface area (TPSA) is 55.4 Å². The van der Waals surface area contributed by atoms with Crippen molar-refractivity contribution in [3.63, 3.8) is 0 Å². The smallest absolute Gasteiger partial charge is 0.438 e. The molecule has 5 nitrogen and oxygen atoms in total. The standard InChI is InChI=1S/C25H19ClN2O3/c1-31-22-14-7-18(8-15-22)9-16-24(29)28(21-5-3-2-4-6-21)23(17-27-25(28)30)19-10-12-20(26)13-11-19/h2-17H,1H3/p+1. The van der Waals surface area contributed by atoms with Gasteiger partial charge in [-0.05, 0) is 48.0 Å². The Morgan fingerprint density at radius 1 is 0.968 bits per heavy atom. The zero-order valence-corrected chi connectivity index (χ0v) is 17.5. The number of benzene rings is 3. The number of carbonyl (C=O) groups is 2. The molecule has 6 heteroatoms. The second-order valence-electron chi connectivity index (χ2n) is 6.94. The first-order valence-electron chi connectivity index (χ1n) is 9.65. The highest BCUT2D eigenvalue weighted by atomic mass is 35.5. The summed E-state index contributed by atoms with van der Waals surface area (Å²) in [4.78, 5) is 26.9. The predicted molar refractivity (Wildman–Crippen MR) is 123 cm³/mol. The molecule has 1 N–H and O–H groups in total. The highest BCUT2D eigenvalue weighted by Crippen LogP contribution is 2.39. The Morgan fingerprint density at radius 3 is 2.29 bits per heavy atom. The maximum atomic E-state index is 13.7. The van der Waals surface area contributed by atoms with Crippen LogP contribution in [0.25, 0.3) is 11.8 Å². The van der Waals surface area contributed by atoms with Gasteiger partial charge in [0, 0.05) is 28.8 Å². The fourth-order valence-electron chi connectivity index (χ4n) is 3.58. The Hall–Kier alpha value is -3.67. The summed E-state index contributed by atoms with van der Waals surface area (Å²) in [5.41, 5.74) is 2.61. The predicted octanol–water partition coefficient (Wildman–Crippen LogP) is 5.62. The molecule has 1 aliphatic rings. The van der Waals surface area contributed by atoms with Crippen molar-refractivity contribution in [1.29, 1.82) is 0 Å². The third-order valence-electron chi connectivity index (χ3n) is 5.15. The molecule has 0 saturated heterocycles. The molecule has 4 rings (SSSR count). The normalized spacial score (nSPS) is 18.0. The number of rotatable bonds is 5. The fraction of sp³-hybridized carbons (Fsp3) is 0.0400. The van der Waals surface area contributed by atoms with E-state index in [1.807, 2.05) is 30.3 Å². The number of amides is 3. The van der Waals surface area contributed by atoms with Gasteiger partial charge in [0.1, 0.15) is 5.75 Å². The summed E-state index contributed by atoms with van der Waals surface area (Å²) in [6.07, 6.45) is 4.71. The molecular formula is C25H20ClN2O3+. The Morgan fingerprint density at radius 2 is 1.65 bits per heavy atom. The summed E-state index contributed by atoms with van der Waals surface area (Å²) >= 11 is 6.04. The van der Waals surface area contributed by atoms with Crippen LogP contribution in [0.3, 0.4) is 0 Å². The summed E-state index contributed by atoms with van der Waals surface area (Å²) in [5.74, 6) is 0.335. The first-order chi connectivity index (χ1) is 15.1. The van der Waals surface area contributed by atoms with E-state index in [0.29, 0.717) is 16.4 Å². The van der Waals surface area contributed by atoms with E-state index < -0.39 is 16.4 Å². The Bertz CT molecular complexity index is 1170. The summed E-state index contributed by atoms with van der Waals surface area (Å²) in [7, 11) is 1.60. The van der Waals surface area contributed by atoms with Crippen molar-refractivity contribution in [3.8, 4) is 5.75 Å². The first kappa shape index (κ1) is 20.6. The number of nitrogens with one attached hydrogen (secondary N) is 1. The van der Waals surface area contributed by atoms with Crippen LogP contribution < -0.4 is 14.5 Å². The third kappa shape index (κ3) is 3.77. The molecule has 1 heterocycles. The van der Waals surface area contributed by atoms with Crippen LogP contribution in [-0.4, -0.2) is 19.0 Å². The number of imide groups is 1. The van der Waals surface area contributed by atoms with Crippen molar-refractivity contribution in [2.45, 2.75) is 0 Å². The summed E-state index contributed by atoms with van der Waals surface area (Å²) in [6, 6.07) is 22.9. The molecule has 0 aromatic heterocycles. The molecule has 0 radical (unpaired) electrons. The zero-order chi connectivity index (χ0) is 21.8. The average molecular weight is 432 g/mol. The van der Waals surface area contributed by atoms with E-state index in [0.717, 1.165) is 16.9 Å². The van der Waals surface area contributed by atoms with Crippen LogP contribution in [0.5, 0.6) is 5.75 Å². The van der Waals surface area contributed by atoms with Crippen molar-refractivity contribution in [1.82, 2.24) is 9.80 Å².